The Hall–Kier alpha value is -2.21. The number of anilines is 1. The van der Waals surface area contributed by atoms with Gasteiger partial charge in [-0.15, -0.1) is 0 Å². The second-order valence-corrected chi connectivity index (χ2v) is 5.78. The molecule has 0 atom stereocenters. The minimum absolute atomic E-state index is 0.0106. The number of urea groups is 1. The van der Waals surface area contributed by atoms with Crippen molar-refractivity contribution in [3.63, 3.8) is 0 Å². The number of halogens is 1. The summed E-state index contributed by atoms with van der Waals surface area (Å²) in [6.07, 6.45) is 0. The van der Waals surface area contributed by atoms with Crippen molar-refractivity contribution in [2.45, 2.75) is 4.90 Å². The molecule has 0 aliphatic carbocycles. The predicted molar refractivity (Wildman–Crippen MR) is 84.7 cm³/mol. The Morgan fingerprint density at radius 3 is 2.55 bits per heavy atom. The van der Waals surface area contributed by atoms with Crippen LogP contribution >= 0.6 is 12.0 Å². The molecule has 2 amide bonds. The quantitative estimate of drug-likeness (QED) is 0.804. The van der Waals surface area contributed by atoms with E-state index < -0.39 is 0 Å². The topological polar surface area (TPSA) is 32.8 Å². The molecule has 22 heavy (non-hydrogen) atoms. The highest BCUT2D eigenvalue weighted by Gasteiger charge is 2.26. The van der Waals surface area contributed by atoms with Crippen molar-refractivity contribution < 1.29 is 13.4 Å². The molecule has 0 saturated carbocycles. The lowest BCUT2D eigenvalue weighted by Gasteiger charge is -2.16. The molecule has 1 saturated heterocycles. The van der Waals surface area contributed by atoms with E-state index in [2.05, 4.69) is 0 Å². The molecule has 1 fully saturated rings. The maximum atomic E-state index is 13.1. The second kappa shape index (κ2) is 6.27. The normalized spacial score (nSPS) is 14.5. The van der Waals surface area contributed by atoms with E-state index in [-0.39, 0.29) is 11.8 Å². The van der Waals surface area contributed by atoms with Crippen molar-refractivity contribution in [3.05, 3.63) is 54.3 Å². The molecule has 0 unspecified atom stereocenters. The first-order valence-electron chi connectivity index (χ1n) is 6.86. The van der Waals surface area contributed by atoms with Crippen molar-refractivity contribution in [2.75, 3.05) is 25.0 Å². The third-order valence-electron chi connectivity index (χ3n) is 3.40. The van der Waals surface area contributed by atoms with Crippen LogP contribution in [0.3, 0.4) is 0 Å². The fourth-order valence-corrected chi connectivity index (χ4v) is 2.73. The van der Waals surface area contributed by atoms with Gasteiger partial charge in [0.05, 0.1) is 12.0 Å². The largest absolute Gasteiger partial charge is 0.421 e. The van der Waals surface area contributed by atoms with Crippen LogP contribution in [0, 0.1) is 5.82 Å². The van der Waals surface area contributed by atoms with Gasteiger partial charge in [-0.2, -0.15) is 0 Å². The van der Waals surface area contributed by atoms with Gasteiger partial charge in [0.2, 0.25) is 0 Å². The maximum absolute atomic E-state index is 13.1. The number of rotatable bonds is 4. The van der Waals surface area contributed by atoms with E-state index in [1.807, 2.05) is 24.3 Å². The highest BCUT2D eigenvalue weighted by atomic mass is 32.2. The summed E-state index contributed by atoms with van der Waals surface area (Å²) in [5.41, 5.74) is 0.865. The zero-order valence-electron chi connectivity index (χ0n) is 12.0. The molecule has 2 aromatic carbocycles. The summed E-state index contributed by atoms with van der Waals surface area (Å²) in [6, 6.07) is 13.5. The van der Waals surface area contributed by atoms with E-state index in [1.165, 1.54) is 12.1 Å². The number of carbonyl (C=O) groups excluding carboxylic acids is 1. The Morgan fingerprint density at radius 2 is 1.91 bits per heavy atom. The molecular formula is C16H15FN2O2S. The van der Waals surface area contributed by atoms with Gasteiger partial charge in [0.15, 0.2) is 0 Å². The van der Waals surface area contributed by atoms with Crippen LogP contribution in [0.1, 0.15) is 0 Å². The summed E-state index contributed by atoms with van der Waals surface area (Å²) in [5.74, 6) is 0.135. The highest BCUT2D eigenvalue weighted by Crippen LogP contribution is 2.27. The molecule has 0 spiro atoms. The minimum atomic E-state index is -0.329. The third kappa shape index (κ3) is 3.17. The Labute approximate surface area is 132 Å². The summed E-state index contributed by atoms with van der Waals surface area (Å²) >= 11 is 1.15. The molecule has 114 valence electrons. The molecular weight excluding hydrogens is 303 g/mol. The Balaban J connectivity index is 1.63. The maximum Gasteiger partial charge on any atom is 0.324 e. The van der Waals surface area contributed by atoms with Crippen LogP contribution in [0.2, 0.25) is 0 Å². The van der Waals surface area contributed by atoms with Gasteiger partial charge in [0.1, 0.15) is 11.6 Å². The molecule has 0 N–H and O–H groups in total. The van der Waals surface area contributed by atoms with E-state index in [1.54, 1.807) is 29.0 Å². The monoisotopic (exact) mass is 318 g/mol. The van der Waals surface area contributed by atoms with Gasteiger partial charge >= 0.3 is 6.03 Å². The molecule has 0 aromatic heterocycles. The van der Waals surface area contributed by atoms with Crippen LogP contribution in [-0.2, 0) is 0 Å². The van der Waals surface area contributed by atoms with Crippen LogP contribution in [0.5, 0.6) is 5.75 Å². The van der Waals surface area contributed by atoms with Gasteiger partial charge in [-0.05, 0) is 36.4 Å². The predicted octanol–water partition coefficient (Wildman–Crippen LogP) is 3.78. The van der Waals surface area contributed by atoms with E-state index >= 15 is 0 Å². The van der Waals surface area contributed by atoms with Gasteiger partial charge in [0.25, 0.3) is 0 Å². The molecule has 6 heteroatoms. The molecule has 1 aliphatic rings. The third-order valence-corrected chi connectivity index (χ3v) is 4.14. The Bertz CT molecular complexity index is 678. The van der Waals surface area contributed by atoms with E-state index in [9.17, 15) is 9.18 Å². The van der Waals surface area contributed by atoms with Gasteiger partial charge in [0, 0.05) is 36.8 Å². The van der Waals surface area contributed by atoms with Crippen molar-refractivity contribution in [1.29, 1.82) is 0 Å². The Kier molecular flexibility index (Phi) is 4.20. The molecule has 2 aromatic rings. The standard InChI is InChI=1S/C16H15FN2O2S/c1-18-9-10-19(16(18)20)13-5-7-15(8-6-13)22-21-14-4-2-3-12(17)11-14/h2-8,11H,9-10H2,1H3. The number of amides is 2. The smallest absolute Gasteiger partial charge is 0.324 e. The number of nitrogens with zero attached hydrogens (tertiary/aromatic N) is 2. The number of hydrogen-bond donors (Lipinski definition) is 0. The molecule has 1 aliphatic heterocycles. The number of carbonyl (C=O) groups is 1. The van der Waals surface area contributed by atoms with Gasteiger partial charge in [-0.1, -0.05) is 6.07 Å². The Morgan fingerprint density at radius 1 is 1.14 bits per heavy atom. The molecule has 1 heterocycles. The zero-order chi connectivity index (χ0) is 15.5. The lowest BCUT2D eigenvalue weighted by atomic mass is 10.3. The van der Waals surface area contributed by atoms with Crippen molar-refractivity contribution >= 4 is 23.8 Å². The van der Waals surface area contributed by atoms with Crippen molar-refractivity contribution in [3.8, 4) is 5.75 Å². The second-order valence-electron chi connectivity index (χ2n) is 4.97. The number of hydrogen-bond acceptors (Lipinski definition) is 3. The van der Waals surface area contributed by atoms with Crippen LogP contribution < -0.4 is 9.08 Å². The lowest BCUT2D eigenvalue weighted by molar-refractivity contribution is 0.229. The van der Waals surface area contributed by atoms with Crippen molar-refractivity contribution in [2.24, 2.45) is 0 Å². The van der Waals surface area contributed by atoms with Gasteiger partial charge in [-0.3, -0.25) is 4.90 Å². The summed E-state index contributed by atoms with van der Waals surface area (Å²) in [4.78, 5) is 16.2. The molecule has 3 rings (SSSR count). The average Bonchev–Trinajstić information content (AvgIpc) is 2.86. The SMILES string of the molecule is CN1CCN(c2ccc(SOc3cccc(F)c3)cc2)C1=O. The summed E-state index contributed by atoms with van der Waals surface area (Å²) in [6.45, 7) is 1.43. The summed E-state index contributed by atoms with van der Waals surface area (Å²) in [5, 5.41) is 0. The van der Waals surface area contributed by atoms with Crippen molar-refractivity contribution in [1.82, 2.24) is 4.90 Å². The zero-order valence-corrected chi connectivity index (χ0v) is 12.8. The highest BCUT2D eigenvalue weighted by molar-refractivity contribution is 7.95. The molecule has 4 nitrogen and oxygen atoms in total. The van der Waals surface area contributed by atoms with E-state index in [0.717, 1.165) is 29.2 Å². The summed E-state index contributed by atoms with van der Waals surface area (Å²) < 4.78 is 18.5. The number of likely N-dealkylation sites (N-methyl/N-ethyl adjacent to an activating group) is 1. The fourth-order valence-electron chi connectivity index (χ4n) is 2.18. The first-order chi connectivity index (χ1) is 10.6. The van der Waals surface area contributed by atoms with Crippen LogP contribution in [-0.4, -0.2) is 31.1 Å². The van der Waals surface area contributed by atoms with Gasteiger partial charge in [-0.25, -0.2) is 9.18 Å². The van der Waals surface area contributed by atoms with Crippen LogP contribution in [0.15, 0.2) is 53.4 Å². The lowest BCUT2D eigenvalue weighted by Crippen LogP contribution is -2.29. The van der Waals surface area contributed by atoms with E-state index in [0.29, 0.717) is 12.3 Å². The number of benzene rings is 2. The van der Waals surface area contributed by atoms with Crippen LogP contribution in [0.4, 0.5) is 14.9 Å². The first-order valence-corrected chi connectivity index (χ1v) is 7.60. The minimum Gasteiger partial charge on any atom is -0.421 e. The molecule has 0 bridgehead atoms. The fraction of sp³-hybridized carbons (Fsp3) is 0.188. The molecule has 0 radical (unpaired) electrons. The van der Waals surface area contributed by atoms with E-state index in [4.69, 9.17) is 4.18 Å². The van der Waals surface area contributed by atoms with Gasteiger partial charge < -0.3 is 9.08 Å². The van der Waals surface area contributed by atoms with Crippen LogP contribution in [0.25, 0.3) is 0 Å². The average molecular weight is 318 g/mol. The summed E-state index contributed by atoms with van der Waals surface area (Å²) in [7, 11) is 1.79. The first kappa shape index (κ1) is 14.7.